The number of tetrazole rings is 1. The van der Waals surface area contributed by atoms with E-state index >= 15 is 0 Å². The molecule has 1 aliphatic heterocycles. The molecular formula is C10H15N7. The SMILES string of the molecule is CC1CCN(c2cncc3nnnn23)CC1N. The van der Waals surface area contributed by atoms with Gasteiger partial charge in [0.05, 0.1) is 12.4 Å². The van der Waals surface area contributed by atoms with E-state index in [4.69, 9.17) is 5.73 Å². The summed E-state index contributed by atoms with van der Waals surface area (Å²) in [7, 11) is 0. The lowest BCUT2D eigenvalue weighted by Crippen LogP contribution is -2.48. The molecule has 1 fully saturated rings. The van der Waals surface area contributed by atoms with Crippen LogP contribution in [0.2, 0.25) is 0 Å². The van der Waals surface area contributed by atoms with Crippen LogP contribution in [0.25, 0.3) is 5.65 Å². The molecule has 0 radical (unpaired) electrons. The summed E-state index contributed by atoms with van der Waals surface area (Å²) in [5, 5.41) is 11.5. The number of nitrogens with two attached hydrogens (primary N) is 1. The van der Waals surface area contributed by atoms with Crippen molar-refractivity contribution in [1.29, 1.82) is 0 Å². The lowest BCUT2D eigenvalue weighted by Gasteiger charge is -2.35. The molecule has 3 heterocycles. The lowest BCUT2D eigenvalue weighted by molar-refractivity contribution is 0.376. The molecule has 2 aromatic heterocycles. The highest BCUT2D eigenvalue weighted by Crippen LogP contribution is 2.21. The van der Waals surface area contributed by atoms with Gasteiger partial charge in [0.2, 0.25) is 0 Å². The third kappa shape index (κ3) is 1.72. The predicted octanol–water partition coefficient (Wildman–Crippen LogP) is -0.307. The van der Waals surface area contributed by atoms with E-state index in [1.165, 1.54) is 0 Å². The smallest absolute Gasteiger partial charge is 0.199 e. The highest BCUT2D eigenvalue weighted by atomic mass is 15.5. The van der Waals surface area contributed by atoms with Crippen LogP contribution in [0.4, 0.5) is 5.82 Å². The summed E-state index contributed by atoms with van der Waals surface area (Å²) >= 11 is 0. The topological polar surface area (TPSA) is 85.2 Å². The van der Waals surface area contributed by atoms with Crippen LogP contribution in [0.3, 0.4) is 0 Å². The molecule has 2 unspecified atom stereocenters. The van der Waals surface area contributed by atoms with Gasteiger partial charge in [-0.2, -0.15) is 4.52 Å². The van der Waals surface area contributed by atoms with Gasteiger partial charge in [0.15, 0.2) is 11.5 Å². The summed E-state index contributed by atoms with van der Waals surface area (Å²) in [6.07, 6.45) is 4.52. The Labute approximate surface area is 98.6 Å². The molecule has 2 atom stereocenters. The van der Waals surface area contributed by atoms with Crippen LogP contribution in [0, 0.1) is 5.92 Å². The fraction of sp³-hybridized carbons (Fsp3) is 0.600. The summed E-state index contributed by atoms with van der Waals surface area (Å²) in [5.41, 5.74) is 6.76. The molecule has 0 saturated carbocycles. The van der Waals surface area contributed by atoms with Crippen LogP contribution in [0.1, 0.15) is 13.3 Å². The fourth-order valence-electron chi connectivity index (χ4n) is 2.19. The van der Waals surface area contributed by atoms with Crippen molar-refractivity contribution >= 4 is 11.5 Å². The molecule has 90 valence electrons. The largest absolute Gasteiger partial charge is 0.354 e. The second-order valence-electron chi connectivity index (χ2n) is 4.59. The first-order chi connectivity index (χ1) is 8.25. The molecule has 1 saturated heterocycles. The fourth-order valence-corrected chi connectivity index (χ4v) is 2.19. The van der Waals surface area contributed by atoms with E-state index in [-0.39, 0.29) is 6.04 Å². The van der Waals surface area contributed by atoms with E-state index in [2.05, 4.69) is 32.3 Å². The van der Waals surface area contributed by atoms with Crippen LogP contribution in [0.15, 0.2) is 12.4 Å². The normalized spacial score (nSPS) is 25.4. The summed E-state index contributed by atoms with van der Waals surface area (Å²) in [6, 6.07) is 0.190. The van der Waals surface area contributed by atoms with Gasteiger partial charge in [-0.25, -0.2) is 0 Å². The van der Waals surface area contributed by atoms with Crippen LogP contribution in [-0.4, -0.2) is 44.2 Å². The van der Waals surface area contributed by atoms with E-state index in [1.807, 2.05) is 0 Å². The Hall–Kier alpha value is -1.76. The number of fused-ring (bicyclic) bond motifs is 1. The summed E-state index contributed by atoms with van der Waals surface area (Å²) in [4.78, 5) is 6.35. The highest BCUT2D eigenvalue weighted by Gasteiger charge is 2.25. The average molecular weight is 233 g/mol. The highest BCUT2D eigenvalue weighted by molar-refractivity contribution is 5.46. The zero-order valence-electron chi connectivity index (χ0n) is 9.69. The molecule has 0 aliphatic carbocycles. The van der Waals surface area contributed by atoms with Crippen molar-refractivity contribution < 1.29 is 0 Å². The van der Waals surface area contributed by atoms with Gasteiger partial charge in [0, 0.05) is 19.1 Å². The van der Waals surface area contributed by atoms with Gasteiger partial charge in [0.1, 0.15) is 0 Å². The maximum absolute atomic E-state index is 6.10. The maximum atomic E-state index is 6.10. The molecule has 2 N–H and O–H groups in total. The number of piperidine rings is 1. The second kappa shape index (κ2) is 3.92. The third-order valence-electron chi connectivity index (χ3n) is 3.43. The minimum atomic E-state index is 0.190. The molecule has 7 nitrogen and oxygen atoms in total. The molecule has 2 aromatic rings. The average Bonchev–Trinajstić information content (AvgIpc) is 2.80. The van der Waals surface area contributed by atoms with Gasteiger partial charge >= 0.3 is 0 Å². The van der Waals surface area contributed by atoms with E-state index in [0.29, 0.717) is 11.6 Å². The zero-order valence-corrected chi connectivity index (χ0v) is 9.69. The van der Waals surface area contributed by atoms with Crippen LogP contribution >= 0.6 is 0 Å². The van der Waals surface area contributed by atoms with E-state index in [1.54, 1.807) is 16.9 Å². The predicted molar refractivity (Wildman–Crippen MR) is 62.5 cm³/mol. The number of nitrogens with zero attached hydrogens (tertiary/aromatic N) is 6. The summed E-state index contributed by atoms with van der Waals surface area (Å²) < 4.78 is 1.70. The Bertz CT molecular complexity index is 522. The van der Waals surface area contributed by atoms with Crippen molar-refractivity contribution in [3.8, 4) is 0 Å². The maximum Gasteiger partial charge on any atom is 0.199 e. The van der Waals surface area contributed by atoms with Crippen molar-refractivity contribution in [1.82, 2.24) is 25.0 Å². The number of anilines is 1. The molecule has 3 rings (SSSR count). The third-order valence-corrected chi connectivity index (χ3v) is 3.43. The van der Waals surface area contributed by atoms with Gasteiger partial charge in [-0.1, -0.05) is 6.92 Å². The molecule has 17 heavy (non-hydrogen) atoms. The van der Waals surface area contributed by atoms with Gasteiger partial charge < -0.3 is 10.6 Å². The van der Waals surface area contributed by atoms with Crippen LogP contribution < -0.4 is 10.6 Å². The van der Waals surface area contributed by atoms with E-state index in [9.17, 15) is 0 Å². The standard InChI is InChI=1S/C10H15N7/c1-7-2-3-16(6-8(7)11)10-5-12-4-9-13-14-15-17(9)10/h4-5,7-8H,2-3,6,11H2,1H3. The van der Waals surface area contributed by atoms with Gasteiger partial charge in [-0.05, 0) is 22.8 Å². The minimum absolute atomic E-state index is 0.190. The Morgan fingerprint density at radius 2 is 2.29 bits per heavy atom. The monoisotopic (exact) mass is 233 g/mol. The number of hydrogen-bond donors (Lipinski definition) is 1. The van der Waals surface area contributed by atoms with Crippen LogP contribution in [0.5, 0.6) is 0 Å². The molecule has 1 aliphatic rings. The Morgan fingerprint density at radius 1 is 1.41 bits per heavy atom. The number of hydrogen-bond acceptors (Lipinski definition) is 6. The van der Waals surface area contributed by atoms with Crippen molar-refractivity contribution in [3.63, 3.8) is 0 Å². The Balaban J connectivity index is 1.96. The Morgan fingerprint density at radius 3 is 3.12 bits per heavy atom. The Kier molecular flexibility index (Phi) is 2.40. The summed E-state index contributed by atoms with van der Waals surface area (Å²) in [6.45, 7) is 3.98. The molecule has 7 heteroatoms. The van der Waals surface area contributed by atoms with E-state index in [0.717, 1.165) is 25.3 Å². The molecule has 0 aromatic carbocycles. The first kappa shape index (κ1) is 10.4. The number of rotatable bonds is 1. The van der Waals surface area contributed by atoms with Crippen LogP contribution in [-0.2, 0) is 0 Å². The molecule has 0 bridgehead atoms. The zero-order chi connectivity index (χ0) is 11.8. The number of aromatic nitrogens is 5. The molecule has 0 amide bonds. The molecule has 0 spiro atoms. The summed E-state index contributed by atoms with van der Waals surface area (Å²) in [5.74, 6) is 1.47. The van der Waals surface area contributed by atoms with Crippen molar-refractivity contribution in [2.45, 2.75) is 19.4 Å². The molecular weight excluding hydrogens is 218 g/mol. The minimum Gasteiger partial charge on any atom is -0.354 e. The quantitative estimate of drug-likeness (QED) is 0.727. The first-order valence-corrected chi connectivity index (χ1v) is 5.78. The lowest BCUT2D eigenvalue weighted by atomic mass is 9.94. The van der Waals surface area contributed by atoms with Crippen molar-refractivity contribution in [3.05, 3.63) is 12.4 Å². The van der Waals surface area contributed by atoms with Gasteiger partial charge in [-0.3, -0.25) is 4.98 Å². The van der Waals surface area contributed by atoms with Crippen molar-refractivity contribution in [2.24, 2.45) is 11.7 Å². The first-order valence-electron chi connectivity index (χ1n) is 5.78. The van der Waals surface area contributed by atoms with Crippen molar-refractivity contribution in [2.75, 3.05) is 18.0 Å². The van der Waals surface area contributed by atoms with E-state index < -0.39 is 0 Å². The van der Waals surface area contributed by atoms with Gasteiger partial charge in [0.25, 0.3) is 0 Å². The van der Waals surface area contributed by atoms with Gasteiger partial charge in [-0.15, -0.1) is 5.10 Å². The second-order valence-corrected chi connectivity index (χ2v) is 4.59.